The Morgan fingerprint density at radius 2 is 0.952 bits per heavy atom. The fraction of sp³-hybridized carbons (Fsp3) is 0.489. The summed E-state index contributed by atoms with van der Waals surface area (Å²) < 4.78 is 14.9. The van der Waals surface area contributed by atoms with E-state index in [1.165, 1.54) is 14.2 Å². The Bertz CT molecular complexity index is 1970. The van der Waals surface area contributed by atoms with Crippen LogP contribution in [0.25, 0.3) is 0 Å². The average molecular weight is 868 g/mol. The van der Waals surface area contributed by atoms with Crippen LogP contribution in [-0.2, 0) is 28.7 Å². The van der Waals surface area contributed by atoms with Crippen molar-refractivity contribution in [1.29, 1.82) is 0 Å². The second kappa shape index (κ2) is 20.7. The first-order chi connectivity index (χ1) is 30.2. The van der Waals surface area contributed by atoms with Gasteiger partial charge in [-0.3, -0.25) is 19.2 Å². The summed E-state index contributed by atoms with van der Waals surface area (Å²) in [6.07, 6.45) is 2.69. The summed E-state index contributed by atoms with van der Waals surface area (Å²) in [5, 5.41) is 11.3. The van der Waals surface area contributed by atoms with Gasteiger partial charge in [0, 0.05) is 30.2 Å². The van der Waals surface area contributed by atoms with Crippen LogP contribution in [0.3, 0.4) is 0 Å². The van der Waals surface area contributed by atoms with Crippen LogP contribution in [-0.4, -0.2) is 104 Å². The van der Waals surface area contributed by atoms with E-state index in [9.17, 15) is 28.8 Å². The van der Waals surface area contributed by atoms with Crippen molar-refractivity contribution in [2.24, 2.45) is 11.8 Å². The number of alkyl carbamates (subject to hydrolysis) is 2. The van der Waals surface area contributed by atoms with Crippen molar-refractivity contribution in [2.75, 3.05) is 50.0 Å². The fourth-order valence-corrected chi connectivity index (χ4v) is 8.97. The number of nitrogens with zero attached hydrogens (tertiary/aromatic N) is 3. The Morgan fingerprint density at radius 1 is 0.556 bits per heavy atom. The number of anilines is 3. The molecule has 0 spiro atoms. The van der Waals surface area contributed by atoms with E-state index in [1.807, 2.05) is 100 Å². The SMILES string of the molecule is COC(=O)NC(C(=O)N1CCCC1C(=O)Nc1ccc(C2CCC(c3ccc(NC(=O)C4CCCN4C(=O)C(NC(=O)OC)C(C)C)cc3)N2c2ccc(OC)cc2)cc1)C(C)C. The average Bonchev–Trinajstić information content (AvgIpc) is 4.08. The molecule has 3 saturated heterocycles. The highest BCUT2D eigenvalue weighted by Gasteiger charge is 2.41. The lowest BCUT2D eigenvalue weighted by Gasteiger charge is -2.33. The molecule has 16 nitrogen and oxygen atoms in total. The van der Waals surface area contributed by atoms with Crippen LogP contribution in [0.5, 0.6) is 5.75 Å². The molecule has 3 aliphatic heterocycles. The van der Waals surface area contributed by atoms with Gasteiger partial charge in [-0.05, 0) is 110 Å². The molecule has 16 heteroatoms. The highest BCUT2D eigenvalue weighted by Crippen LogP contribution is 2.47. The van der Waals surface area contributed by atoms with Crippen molar-refractivity contribution in [3.63, 3.8) is 0 Å². The minimum Gasteiger partial charge on any atom is -0.497 e. The van der Waals surface area contributed by atoms with E-state index in [0.717, 1.165) is 35.4 Å². The smallest absolute Gasteiger partial charge is 0.407 e. The lowest BCUT2D eigenvalue weighted by Crippen LogP contribution is -2.54. The van der Waals surface area contributed by atoms with Crippen LogP contribution < -0.4 is 30.9 Å². The maximum Gasteiger partial charge on any atom is 0.407 e. The molecule has 63 heavy (non-hydrogen) atoms. The number of carbonyl (C=O) groups is 6. The summed E-state index contributed by atoms with van der Waals surface area (Å²) >= 11 is 0. The fourth-order valence-electron chi connectivity index (χ4n) is 8.97. The summed E-state index contributed by atoms with van der Waals surface area (Å²) in [7, 11) is 4.13. The van der Waals surface area contributed by atoms with Gasteiger partial charge in [0.2, 0.25) is 23.6 Å². The van der Waals surface area contributed by atoms with Gasteiger partial charge in [0.05, 0.1) is 33.4 Å². The molecular weight excluding hydrogens is 807 g/mol. The number of methoxy groups -OCH3 is 3. The Morgan fingerprint density at radius 3 is 1.30 bits per heavy atom. The van der Waals surface area contributed by atoms with Gasteiger partial charge in [-0.25, -0.2) is 9.59 Å². The number of rotatable bonds is 14. The minimum absolute atomic E-state index is 0.0000255. The second-order valence-electron chi connectivity index (χ2n) is 17.0. The number of ether oxygens (including phenoxy) is 3. The summed E-state index contributed by atoms with van der Waals surface area (Å²) in [6, 6.07) is 20.7. The Kier molecular flexibility index (Phi) is 15.2. The van der Waals surface area contributed by atoms with E-state index in [4.69, 9.17) is 14.2 Å². The van der Waals surface area contributed by atoms with E-state index >= 15 is 0 Å². The lowest BCUT2D eigenvalue weighted by atomic mass is 10.0. The van der Waals surface area contributed by atoms with Crippen molar-refractivity contribution in [3.05, 3.63) is 83.9 Å². The summed E-state index contributed by atoms with van der Waals surface area (Å²) in [6.45, 7) is 8.18. The van der Waals surface area contributed by atoms with Gasteiger partial charge in [0.1, 0.15) is 29.9 Å². The van der Waals surface area contributed by atoms with E-state index < -0.39 is 36.4 Å². The van der Waals surface area contributed by atoms with E-state index in [1.54, 1.807) is 16.9 Å². The predicted molar refractivity (Wildman–Crippen MR) is 238 cm³/mol. The molecule has 3 aromatic rings. The van der Waals surface area contributed by atoms with Gasteiger partial charge in [0.15, 0.2) is 0 Å². The molecule has 338 valence electrons. The van der Waals surface area contributed by atoms with Crippen LogP contribution in [0, 0.1) is 11.8 Å². The molecule has 6 unspecified atom stereocenters. The Labute approximate surface area is 369 Å². The molecule has 6 amide bonds. The first kappa shape index (κ1) is 46.2. The molecule has 4 N–H and O–H groups in total. The third-order valence-electron chi connectivity index (χ3n) is 12.3. The maximum atomic E-state index is 13.6. The molecule has 0 aromatic heterocycles. The molecule has 3 heterocycles. The van der Waals surface area contributed by atoms with Crippen LogP contribution >= 0.6 is 0 Å². The van der Waals surface area contributed by atoms with E-state index in [0.29, 0.717) is 50.1 Å². The largest absolute Gasteiger partial charge is 0.497 e. The number of likely N-dealkylation sites (tertiary alicyclic amines) is 2. The number of nitrogens with one attached hydrogen (secondary N) is 4. The number of hydrogen-bond acceptors (Lipinski definition) is 10. The predicted octanol–water partition coefficient (Wildman–Crippen LogP) is 6.40. The molecule has 0 aliphatic carbocycles. The van der Waals surface area contributed by atoms with Gasteiger partial charge in [-0.2, -0.15) is 0 Å². The lowest BCUT2D eigenvalue weighted by molar-refractivity contribution is -0.139. The van der Waals surface area contributed by atoms with E-state index in [-0.39, 0.29) is 47.5 Å². The minimum atomic E-state index is -0.817. The van der Waals surface area contributed by atoms with Crippen molar-refractivity contribution in [2.45, 2.75) is 102 Å². The van der Waals surface area contributed by atoms with Gasteiger partial charge in [-0.1, -0.05) is 52.0 Å². The number of hydrogen-bond donors (Lipinski definition) is 4. The summed E-state index contributed by atoms with van der Waals surface area (Å²) in [5.41, 5.74) is 4.37. The molecule has 3 fully saturated rings. The molecule has 0 saturated carbocycles. The quantitative estimate of drug-likeness (QED) is 0.141. The summed E-state index contributed by atoms with van der Waals surface area (Å²) in [4.78, 5) is 83.8. The first-order valence-corrected chi connectivity index (χ1v) is 21.8. The molecular formula is C47H61N7O9. The number of benzene rings is 3. The van der Waals surface area contributed by atoms with Crippen molar-refractivity contribution in [1.82, 2.24) is 20.4 Å². The van der Waals surface area contributed by atoms with Crippen LogP contribution in [0.4, 0.5) is 26.7 Å². The van der Waals surface area contributed by atoms with Crippen LogP contribution in [0.15, 0.2) is 72.8 Å². The standard InChI is InChI=1S/C47H61N7O9/c1-28(2)40(50-46(59)62-6)44(57)52-26-8-10-38(52)42(55)48-32-16-12-30(13-17-32)36-24-25-37(54(36)34-20-22-35(61-5)23-21-34)31-14-18-33(19-15-31)49-43(56)39-11-9-27-53(39)45(58)41(29(3)4)51-47(60)63-7/h12-23,28-29,36-41H,8-11,24-27H2,1-7H3,(H,48,55)(H,49,56)(H,50,59)(H,51,60). The molecule has 6 rings (SSSR count). The van der Waals surface area contributed by atoms with Crippen LogP contribution in [0.2, 0.25) is 0 Å². The van der Waals surface area contributed by atoms with Gasteiger partial charge in [-0.15, -0.1) is 0 Å². The number of amides is 6. The zero-order valence-electron chi connectivity index (χ0n) is 37.2. The maximum absolute atomic E-state index is 13.6. The van der Waals surface area contributed by atoms with Crippen LogP contribution in [0.1, 0.15) is 89.4 Å². The van der Waals surface area contributed by atoms with Gasteiger partial charge >= 0.3 is 12.2 Å². The van der Waals surface area contributed by atoms with Crippen molar-refractivity contribution >= 4 is 52.9 Å². The van der Waals surface area contributed by atoms with Gasteiger partial charge < -0.3 is 50.2 Å². The highest BCUT2D eigenvalue weighted by molar-refractivity contribution is 5.99. The zero-order chi connectivity index (χ0) is 45.4. The third kappa shape index (κ3) is 10.7. The second-order valence-corrected chi connectivity index (χ2v) is 17.0. The highest BCUT2D eigenvalue weighted by atomic mass is 16.5. The normalized spacial score (nSPS) is 20.6. The molecule has 3 aromatic carbocycles. The molecule has 0 bridgehead atoms. The molecule has 6 atom stereocenters. The topological polar surface area (TPSA) is 188 Å². The van der Waals surface area contributed by atoms with Crippen molar-refractivity contribution in [3.8, 4) is 5.75 Å². The van der Waals surface area contributed by atoms with Crippen molar-refractivity contribution < 1.29 is 43.0 Å². The number of carbonyl (C=O) groups excluding carboxylic acids is 6. The summed E-state index contributed by atoms with van der Waals surface area (Å²) in [5.74, 6) is -0.848. The third-order valence-corrected chi connectivity index (χ3v) is 12.3. The van der Waals surface area contributed by atoms with Gasteiger partial charge in [0.25, 0.3) is 0 Å². The zero-order valence-corrected chi connectivity index (χ0v) is 37.2. The van der Waals surface area contributed by atoms with E-state index in [2.05, 4.69) is 26.2 Å². The Hall–Kier alpha value is -6.32. The molecule has 0 radical (unpaired) electrons. The molecule has 3 aliphatic rings. The monoisotopic (exact) mass is 867 g/mol. The Balaban J connectivity index is 1.14. The first-order valence-electron chi connectivity index (χ1n) is 21.8.